The van der Waals surface area contributed by atoms with E-state index >= 15 is 0 Å². The molecule has 1 unspecified atom stereocenters. The molecule has 1 aromatic rings. The lowest BCUT2D eigenvalue weighted by Crippen LogP contribution is -2.44. The lowest BCUT2D eigenvalue weighted by atomic mass is 10.0. The minimum Gasteiger partial charge on any atom is -0.508 e. The van der Waals surface area contributed by atoms with Gasteiger partial charge in [-0.25, -0.2) is 0 Å². The Hall–Kier alpha value is -1.55. The number of aryl methyl sites for hydroxylation is 1. The third-order valence-corrected chi connectivity index (χ3v) is 3.71. The van der Waals surface area contributed by atoms with E-state index < -0.39 is 0 Å². The first-order valence-electron chi connectivity index (χ1n) is 6.86. The van der Waals surface area contributed by atoms with Crippen LogP contribution in [0, 0.1) is 6.92 Å². The molecule has 0 bridgehead atoms. The minimum atomic E-state index is -0.0392. The number of rotatable bonds is 3. The number of piperidine rings is 1. The molecule has 0 radical (unpaired) electrons. The van der Waals surface area contributed by atoms with Crippen LogP contribution >= 0.6 is 0 Å². The van der Waals surface area contributed by atoms with Crippen LogP contribution in [0.1, 0.15) is 35.2 Å². The highest BCUT2D eigenvalue weighted by molar-refractivity contribution is 5.94. The summed E-state index contributed by atoms with van der Waals surface area (Å²) >= 11 is 0. The molecule has 4 nitrogen and oxygen atoms in total. The number of benzene rings is 1. The smallest absolute Gasteiger partial charge is 0.253 e. The monoisotopic (exact) mass is 262 g/mol. The molecule has 1 atom stereocenters. The van der Waals surface area contributed by atoms with Crippen molar-refractivity contribution in [2.75, 3.05) is 20.1 Å². The van der Waals surface area contributed by atoms with Gasteiger partial charge in [0, 0.05) is 25.2 Å². The van der Waals surface area contributed by atoms with Gasteiger partial charge in [-0.3, -0.25) is 4.79 Å². The van der Waals surface area contributed by atoms with Crippen molar-refractivity contribution in [3.8, 4) is 5.75 Å². The molecule has 0 aromatic heterocycles. The van der Waals surface area contributed by atoms with E-state index in [1.165, 1.54) is 12.8 Å². The topological polar surface area (TPSA) is 52.6 Å². The van der Waals surface area contributed by atoms with Gasteiger partial charge in [0.2, 0.25) is 0 Å². The molecule has 1 aliphatic rings. The van der Waals surface area contributed by atoms with Crippen LogP contribution in [0.2, 0.25) is 0 Å². The maximum atomic E-state index is 12.3. The van der Waals surface area contributed by atoms with Gasteiger partial charge >= 0.3 is 0 Å². The normalized spacial score (nSPS) is 19.2. The first-order chi connectivity index (χ1) is 9.08. The molecule has 1 aliphatic heterocycles. The van der Waals surface area contributed by atoms with Crippen molar-refractivity contribution in [3.05, 3.63) is 29.3 Å². The second kappa shape index (κ2) is 6.06. The second-order valence-corrected chi connectivity index (χ2v) is 5.33. The number of amides is 1. The number of phenols is 1. The Morgan fingerprint density at radius 3 is 2.89 bits per heavy atom. The van der Waals surface area contributed by atoms with E-state index in [9.17, 15) is 9.90 Å². The largest absolute Gasteiger partial charge is 0.508 e. The highest BCUT2D eigenvalue weighted by Crippen LogP contribution is 2.18. The van der Waals surface area contributed by atoms with Crippen molar-refractivity contribution < 1.29 is 9.90 Å². The van der Waals surface area contributed by atoms with Crippen LogP contribution in [0.5, 0.6) is 5.75 Å². The molecule has 0 saturated carbocycles. The summed E-state index contributed by atoms with van der Waals surface area (Å²) in [6, 6.07) is 5.47. The summed E-state index contributed by atoms with van der Waals surface area (Å²) < 4.78 is 0. The molecule has 2 rings (SSSR count). The number of phenolic OH excluding ortho intramolecular Hbond substituents is 1. The Morgan fingerprint density at radius 1 is 1.47 bits per heavy atom. The third-order valence-electron chi connectivity index (χ3n) is 3.71. The van der Waals surface area contributed by atoms with E-state index in [2.05, 4.69) is 5.32 Å². The van der Waals surface area contributed by atoms with E-state index in [1.807, 2.05) is 14.0 Å². The van der Waals surface area contributed by atoms with E-state index in [-0.39, 0.29) is 11.7 Å². The predicted molar refractivity (Wildman–Crippen MR) is 75.4 cm³/mol. The molecule has 1 heterocycles. The predicted octanol–water partition coefficient (Wildman–Crippen LogP) is 1.91. The zero-order valence-electron chi connectivity index (χ0n) is 11.6. The molecule has 1 amide bonds. The molecule has 1 fully saturated rings. The summed E-state index contributed by atoms with van der Waals surface area (Å²) in [5, 5.41) is 13.1. The number of carbonyl (C=O) groups is 1. The maximum Gasteiger partial charge on any atom is 0.253 e. The van der Waals surface area contributed by atoms with Gasteiger partial charge in [-0.1, -0.05) is 12.5 Å². The molecule has 0 spiro atoms. The molecule has 4 heteroatoms. The summed E-state index contributed by atoms with van der Waals surface area (Å²) in [6.07, 6.45) is 3.57. The Bertz CT molecular complexity index is 453. The van der Waals surface area contributed by atoms with E-state index in [1.54, 1.807) is 23.1 Å². The summed E-state index contributed by atoms with van der Waals surface area (Å²) in [6.45, 7) is 3.57. The van der Waals surface area contributed by atoms with Gasteiger partial charge in [-0.15, -0.1) is 0 Å². The zero-order chi connectivity index (χ0) is 13.8. The molecule has 1 saturated heterocycles. The van der Waals surface area contributed by atoms with Gasteiger partial charge in [0.25, 0.3) is 5.91 Å². The number of nitrogens with zero attached hydrogens (tertiary/aromatic N) is 1. The van der Waals surface area contributed by atoms with Gasteiger partial charge in [0.1, 0.15) is 5.75 Å². The molecule has 104 valence electrons. The maximum absolute atomic E-state index is 12.3. The minimum absolute atomic E-state index is 0.0392. The first-order valence-corrected chi connectivity index (χ1v) is 6.86. The highest BCUT2D eigenvalue weighted by atomic mass is 16.3. The fraction of sp³-hybridized carbons (Fsp3) is 0.533. The first kappa shape index (κ1) is 13.9. The van der Waals surface area contributed by atoms with E-state index in [0.717, 1.165) is 18.5 Å². The fourth-order valence-electron chi connectivity index (χ4n) is 2.46. The van der Waals surface area contributed by atoms with Crippen molar-refractivity contribution in [1.29, 1.82) is 0 Å². The lowest BCUT2D eigenvalue weighted by Gasteiger charge is -2.28. The quantitative estimate of drug-likeness (QED) is 0.875. The molecule has 19 heavy (non-hydrogen) atoms. The van der Waals surface area contributed by atoms with Crippen molar-refractivity contribution in [2.45, 2.75) is 32.2 Å². The average molecular weight is 262 g/mol. The van der Waals surface area contributed by atoms with Crippen LogP contribution in [-0.2, 0) is 0 Å². The van der Waals surface area contributed by atoms with Crippen LogP contribution in [0.25, 0.3) is 0 Å². The van der Waals surface area contributed by atoms with Crippen LogP contribution in [0.4, 0.5) is 0 Å². The van der Waals surface area contributed by atoms with Crippen molar-refractivity contribution in [3.63, 3.8) is 0 Å². The second-order valence-electron chi connectivity index (χ2n) is 5.33. The number of aromatic hydroxyl groups is 1. The molecular weight excluding hydrogens is 240 g/mol. The van der Waals surface area contributed by atoms with Gasteiger partial charge in [0.05, 0.1) is 0 Å². The lowest BCUT2D eigenvalue weighted by molar-refractivity contribution is 0.0775. The third kappa shape index (κ3) is 3.47. The average Bonchev–Trinajstić information content (AvgIpc) is 2.42. The zero-order valence-corrected chi connectivity index (χ0v) is 11.6. The molecule has 0 aliphatic carbocycles. The van der Waals surface area contributed by atoms with Gasteiger partial charge in [0.15, 0.2) is 0 Å². The van der Waals surface area contributed by atoms with Gasteiger partial charge < -0.3 is 15.3 Å². The summed E-state index contributed by atoms with van der Waals surface area (Å²) in [4.78, 5) is 14.0. The standard InChI is InChI=1S/C15H22N2O2/c1-11-6-7-12(9-14(11)18)15(19)17(2)10-13-5-3-4-8-16-13/h6-7,9,13,16,18H,3-5,8,10H2,1-2H3. The highest BCUT2D eigenvalue weighted by Gasteiger charge is 2.19. The number of likely N-dealkylation sites (N-methyl/N-ethyl adjacent to an activating group) is 1. The van der Waals surface area contributed by atoms with Crippen molar-refractivity contribution in [1.82, 2.24) is 10.2 Å². The molecule has 1 aromatic carbocycles. The number of hydrogen-bond donors (Lipinski definition) is 2. The fourth-order valence-corrected chi connectivity index (χ4v) is 2.46. The number of hydrogen-bond acceptors (Lipinski definition) is 3. The summed E-state index contributed by atoms with van der Waals surface area (Å²) in [7, 11) is 1.82. The van der Waals surface area contributed by atoms with Crippen molar-refractivity contribution >= 4 is 5.91 Å². The van der Waals surface area contributed by atoms with E-state index in [4.69, 9.17) is 0 Å². The number of nitrogens with one attached hydrogen (secondary N) is 1. The van der Waals surface area contributed by atoms with Gasteiger partial charge in [-0.2, -0.15) is 0 Å². The Balaban J connectivity index is 1.99. The molecular formula is C15H22N2O2. The van der Waals surface area contributed by atoms with Crippen molar-refractivity contribution in [2.24, 2.45) is 0 Å². The van der Waals surface area contributed by atoms with Gasteiger partial charge in [-0.05, 0) is 44.0 Å². The summed E-state index contributed by atoms with van der Waals surface area (Å²) in [5.74, 6) is 0.137. The Labute approximate surface area is 114 Å². The summed E-state index contributed by atoms with van der Waals surface area (Å²) in [5.41, 5.74) is 1.33. The number of carbonyl (C=O) groups excluding carboxylic acids is 1. The SMILES string of the molecule is Cc1ccc(C(=O)N(C)CC2CCCCN2)cc1O. The molecule has 2 N–H and O–H groups in total. The Morgan fingerprint density at radius 2 is 2.26 bits per heavy atom. The van der Waals surface area contributed by atoms with Crippen LogP contribution < -0.4 is 5.32 Å². The van der Waals surface area contributed by atoms with Crippen LogP contribution in [0.15, 0.2) is 18.2 Å². The van der Waals surface area contributed by atoms with Crippen LogP contribution in [-0.4, -0.2) is 42.1 Å². The van der Waals surface area contributed by atoms with Crippen LogP contribution in [0.3, 0.4) is 0 Å². The van der Waals surface area contributed by atoms with E-state index in [0.29, 0.717) is 18.2 Å². The Kier molecular flexibility index (Phi) is 4.43.